The number of aliphatic hydroxyl groups excluding tert-OH is 1. The highest BCUT2D eigenvalue weighted by molar-refractivity contribution is 6.30. The van der Waals surface area contributed by atoms with Crippen LogP contribution in [0.1, 0.15) is 70.5 Å². The van der Waals surface area contributed by atoms with E-state index in [0.29, 0.717) is 10.7 Å². The molecule has 2 heterocycles. The number of hydrogen-bond donors (Lipinski definition) is 2. The average molecular weight is 350 g/mol. The van der Waals surface area contributed by atoms with Gasteiger partial charge in [0.25, 0.3) is 0 Å². The van der Waals surface area contributed by atoms with Crippen molar-refractivity contribution in [1.82, 2.24) is 10.4 Å². The molecule has 0 saturated heterocycles. The lowest BCUT2D eigenvalue weighted by Crippen LogP contribution is -2.44. The van der Waals surface area contributed by atoms with E-state index >= 15 is 0 Å². The first-order chi connectivity index (χ1) is 11.5. The molecule has 1 aliphatic heterocycles. The summed E-state index contributed by atoms with van der Waals surface area (Å²) in [5.74, 6) is 1.70. The predicted molar refractivity (Wildman–Crippen MR) is 98.8 cm³/mol. The van der Waals surface area contributed by atoms with Crippen LogP contribution in [0.3, 0.4) is 0 Å². The molecule has 0 bridgehead atoms. The van der Waals surface area contributed by atoms with Crippen LogP contribution in [-0.4, -0.2) is 15.6 Å². The Kier molecular flexibility index (Phi) is 5.48. The van der Waals surface area contributed by atoms with Crippen LogP contribution in [0, 0.1) is 5.92 Å². The molecule has 2 aliphatic rings. The van der Waals surface area contributed by atoms with Crippen molar-refractivity contribution in [3.8, 4) is 0 Å². The van der Waals surface area contributed by atoms with Gasteiger partial charge in [-0.25, -0.2) is 10.4 Å². The van der Waals surface area contributed by atoms with Crippen LogP contribution in [0.5, 0.6) is 0 Å². The molecule has 3 rings (SSSR count). The lowest BCUT2D eigenvalue weighted by molar-refractivity contribution is 0.199. The summed E-state index contributed by atoms with van der Waals surface area (Å²) < 4.78 is 0. The summed E-state index contributed by atoms with van der Waals surface area (Å²) in [6.45, 7) is 3.92. The molecule has 1 fully saturated rings. The molecular formula is C19H28ClN3O. The van der Waals surface area contributed by atoms with Gasteiger partial charge in [0.1, 0.15) is 11.0 Å². The van der Waals surface area contributed by atoms with Gasteiger partial charge in [-0.05, 0) is 44.4 Å². The Labute approximate surface area is 149 Å². The van der Waals surface area contributed by atoms with E-state index in [4.69, 9.17) is 11.6 Å². The monoisotopic (exact) mass is 349 g/mol. The van der Waals surface area contributed by atoms with Crippen LogP contribution >= 0.6 is 11.6 Å². The zero-order valence-corrected chi connectivity index (χ0v) is 15.4. The minimum atomic E-state index is -0.609. The molecule has 24 heavy (non-hydrogen) atoms. The number of halogens is 1. The topological polar surface area (TPSA) is 48.4 Å². The van der Waals surface area contributed by atoms with Crippen LogP contribution in [0.25, 0.3) is 0 Å². The number of nitrogens with zero attached hydrogens (tertiary/aromatic N) is 2. The Morgan fingerprint density at radius 3 is 2.83 bits per heavy atom. The molecule has 0 aromatic carbocycles. The van der Waals surface area contributed by atoms with Gasteiger partial charge < -0.3 is 5.11 Å². The van der Waals surface area contributed by atoms with Crippen molar-refractivity contribution in [3.05, 3.63) is 35.1 Å². The highest BCUT2D eigenvalue weighted by atomic mass is 35.5. The molecule has 0 radical (unpaired) electrons. The van der Waals surface area contributed by atoms with Crippen LogP contribution < -0.4 is 10.4 Å². The molecule has 4 nitrogen and oxygen atoms in total. The summed E-state index contributed by atoms with van der Waals surface area (Å²) in [6.07, 6.45) is 13.0. The maximum Gasteiger partial charge on any atom is 0.148 e. The second-order valence-corrected chi connectivity index (χ2v) is 7.84. The van der Waals surface area contributed by atoms with Gasteiger partial charge in [0.15, 0.2) is 0 Å². The highest BCUT2D eigenvalue weighted by Crippen LogP contribution is 2.32. The number of aromatic nitrogens is 1. The lowest BCUT2D eigenvalue weighted by atomic mass is 9.92. The molecule has 1 saturated carbocycles. The van der Waals surface area contributed by atoms with Crippen molar-refractivity contribution in [2.24, 2.45) is 5.92 Å². The number of hydrazine groups is 1. The third kappa shape index (κ3) is 4.11. The first-order valence-electron chi connectivity index (χ1n) is 9.08. The third-order valence-electron chi connectivity index (χ3n) is 5.31. The van der Waals surface area contributed by atoms with Crippen molar-refractivity contribution in [2.75, 3.05) is 5.01 Å². The zero-order valence-electron chi connectivity index (χ0n) is 14.6. The van der Waals surface area contributed by atoms with Crippen LogP contribution in [0.2, 0.25) is 5.15 Å². The number of anilines is 1. The largest absolute Gasteiger partial charge is 0.389 e. The van der Waals surface area contributed by atoms with E-state index in [2.05, 4.69) is 23.4 Å². The first-order valence-corrected chi connectivity index (χ1v) is 9.45. The van der Waals surface area contributed by atoms with Crippen LogP contribution in [0.15, 0.2) is 24.4 Å². The number of aliphatic hydroxyl groups is 1. The van der Waals surface area contributed by atoms with Gasteiger partial charge in [0.05, 0.1) is 11.6 Å². The standard InChI is InChI=1S/C19H28ClN3O/c1-14(24)16-9-10-17(21-18(16)20)23-13-12-19(2,22-23)11-5-8-15-6-3-4-7-15/h9-10,12-15,22,24H,3-8,11H2,1-2H3. The van der Waals surface area contributed by atoms with Crippen molar-refractivity contribution >= 4 is 17.4 Å². The minimum absolute atomic E-state index is 0.0320. The predicted octanol–water partition coefficient (Wildman–Crippen LogP) is 4.75. The third-order valence-corrected chi connectivity index (χ3v) is 5.61. The summed E-state index contributed by atoms with van der Waals surface area (Å²) >= 11 is 6.18. The molecule has 2 atom stereocenters. The Morgan fingerprint density at radius 2 is 2.17 bits per heavy atom. The second-order valence-electron chi connectivity index (χ2n) is 7.48. The average Bonchev–Trinajstić information content (AvgIpc) is 3.17. The molecule has 132 valence electrons. The molecular weight excluding hydrogens is 322 g/mol. The van der Waals surface area contributed by atoms with Crippen LogP contribution in [0.4, 0.5) is 5.82 Å². The summed E-state index contributed by atoms with van der Waals surface area (Å²) in [6, 6.07) is 3.72. The van der Waals surface area contributed by atoms with E-state index < -0.39 is 6.10 Å². The van der Waals surface area contributed by atoms with E-state index in [0.717, 1.165) is 18.2 Å². The summed E-state index contributed by atoms with van der Waals surface area (Å²) in [5, 5.41) is 11.9. The van der Waals surface area contributed by atoms with Gasteiger partial charge in [-0.3, -0.25) is 5.01 Å². The quantitative estimate of drug-likeness (QED) is 0.728. The summed E-state index contributed by atoms with van der Waals surface area (Å²) in [7, 11) is 0. The molecule has 2 N–H and O–H groups in total. The number of hydrogen-bond acceptors (Lipinski definition) is 4. The van der Waals surface area contributed by atoms with Crippen molar-refractivity contribution in [2.45, 2.75) is 70.4 Å². The zero-order chi connectivity index (χ0) is 17.2. The van der Waals surface area contributed by atoms with Crippen LogP contribution in [-0.2, 0) is 0 Å². The van der Waals surface area contributed by atoms with E-state index in [9.17, 15) is 5.11 Å². The smallest absolute Gasteiger partial charge is 0.148 e. The number of rotatable bonds is 6. The van der Waals surface area contributed by atoms with E-state index in [1.807, 2.05) is 23.3 Å². The SMILES string of the molecule is CC(O)c1ccc(N2C=CC(C)(CCCC3CCCC3)N2)nc1Cl. The first kappa shape index (κ1) is 17.7. The lowest BCUT2D eigenvalue weighted by Gasteiger charge is -2.27. The van der Waals surface area contributed by atoms with Gasteiger partial charge in [-0.2, -0.15) is 0 Å². The minimum Gasteiger partial charge on any atom is -0.389 e. The summed E-state index contributed by atoms with van der Waals surface area (Å²) in [5.41, 5.74) is 4.15. The molecule has 1 aromatic rings. The van der Waals surface area contributed by atoms with Gasteiger partial charge in [0.2, 0.25) is 0 Å². The van der Waals surface area contributed by atoms with E-state index in [1.54, 1.807) is 6.92 Å². The van der Waals surface area contributed by atoms with Gasteiger partial charge in [0, 0.05) is 11.8 Å². The number of nitrogens with one attached hydrogen (secondary N) is 1. The molecule has 1 aromatic heterocycles. The highest BCUT2D eigenvalue weighted by Gasteiger charge is 2.29. The Hall–Kier alpha value is -1.10. The van der Waals surface area contributed by atoms with Crippen molar-refractivity contribution in [3.63, 3.8) is 0 Å². The molecule has 0 spiro atoms. The van der Waals surface area contributed by atoms with Gasteiger partial charge in [-0.1, -0.05) is 50.1 Å². The second kappa shape index (κ2) is 7.42. The van der Waals surface area contributed by atoms with Gasteiger partial charge in [-0.15, -0.1) is 0 Å². The fraction of sp³-hybridized carbons (Fsp3) is 0.632. The Morgan fingerprint density at radius 1 is 1.42 bits per heavy atom. The molecule has 0 amide bonds. The van der Waals surface area contributed by atoms with Crippen molar-refractivity contribution in [1.29, 1.82) is 0 Å². The maximum absolute atomic E-state index is 9.66. The maximum atomic E-state index is 9.66. The van der Waals surface area contributed by atoms with Gasteiger partial charge >= 0.3 is 0 Å². The number of pyridine rings is 1. The Balaban J connectivity index is 1.56. The Bertz CT molecular complexity index is 598. The fourth-order valence-corrected chi connectivity index (χ4v) is 4.11. The van der Waals surface area contributed by atoms with Crippen molar-refractivity contribution < 1.29 is 5.11 Å². The van der Waals surface area contributed by atoms with E-state index in [-0.39, 0.29) is 5.54 Å². The molecule has 1 aliphatic carbocycles. The summed E-state index contributed by atoms with van der Waals surface area (Å²) in [4.78, 5) is 4.40. The van der Waals surface area contributed by atoms with E-state index in [1.165, 1.54) is 38.5 Å². The molecule has 2 unspecified atom stereocenters. The fourth-order valence-electron chi connectivity index (χ4n) is 3.80. The normalized spacial score (nSPS) is 25.6. The molecule has 5 heteroatoms.